The van der Waals surface area contributed by atoms with Gasteiger partial charge in [-0.3, -0.25) is 4.79 Å². The lowest BCUT2D eigenvalue weighted by atomic mass is 9.99. The van der Waals surface area contributed by atoms with Crippen LogP contribution in [-0.2, 0) is 0 Å². The Morgan fingerprint density at radius 2 is 2.07 bits per heavy atom. The summed E-state index contributed by atoms with van der Waals surface area (Å²) in [6.45, 7) is 3.89. The number of aromatic hydroxyl groups is 1. The maximum atomic E-state index is 11.0. The standard InChI is InChI=1S/C11H15NO3/c1-6(2)7-5-10(15-3)8(11(12)14)4-9(7)13/h4-6,13H,1-3H3,(H2,12,14). The van der Waals surface area contributed by atoms with Gasteiger partial charge < -0.3 is 15.6 Å². The average molecular weight is 209 g/mol. The van der Waals surface area contributed by atoms with Crippen molar-refractivity contribution in [3.63, 3.8) is 0 Å². The van der Waals surface area contributed by atoms with Gasteiger partial charge in [0.2, 0.25) is 0 Å². The Morgan fingerprint density at radius 3 is 2.47 bits per heavy atom. The highest BCUT2D eigenvalue weighted by Gasteiger charge is 2.15. The van der Waals surface area contributed by atoms with Gasteiger partial charge in [0.15, 0.2) is 0 Å². The van der Waals surface area contributed by atoms with E-state index in [1.54, 1.807) is 6.07 Å². The largest absolute Gasteiger partial charge is 0.508 e. The minimum atomic E-state index is -0.613. The molecule has 0 aliphatic carbocycles. The van der Waals surface area contributed by atoms with Gasteiger partial charge in [0.1, 0.15) is 11.5 Å². The molecule has 4 nitrogen and oxygen atoms in total. The molecule has 0 atom stereocenters. The highest BCUT2D eigenvalue weighted by Crippen LogP contribution is 2.32. The Kier molecular flexibility index (Phi) is 3.19. The molecule has 1 amide bonds. The summed E-state index contributed by atoms with van der Waals surface area (Å²) in [5.41, 5.74) is 6.08. The van der Waals surface area contributed by atoms with Gasteiger partial charge in [-0.15, -0.1) is 0 Å². The molecule has 0 unspecified atom stereocenters. The van der Waals surface area contributed by atoms with E-state index in [1.807, 2.05) is 13.8 Å². The number of methoxy groups -OCH3 is 1. The molecule has 3 N–H and O–H groups in total. The third kappa shape index (κ3) is 2.21. The van der Waals surface area contributed by atoms with Crippen molar-refractivity contribution < 1.29 is 14.6 Å². The fourth-order valence-corrected chi connectivity index (χ4v) is 1.41. The molecule has 0 aliphatic heterocycles. The minimum Gasteiger partial charge on any atom is -0.508 e. The van der Waals surface area contributed by atoms with Crippen LogP contribution in [0.5, 0.6) is 11.5 Å². The van der Waals surface area contributed by atoms with Crippen LogP contribution in [0.15, 0.2) is 12.1 Å². The third-order valence-electron chi connectivity index (χ3n) is 2.24. The molecule has 1 aromatic carbocycles. The zero-order chi connectivity index (χ0) is 11.6. The molecule has 0 radical (unpaired) electrons. The summed E-state index contributed by atoms with van der Waals surface area (Å²) >= 11 is 0. The topological polar surface area (TPSA) is 72.6 Å². The maximum Gasteiger partial charge on any atom is 0.252 e. The molecular formula is C11H15NO3. The molecule has 0 aromatic heterocycles. The van der Waals surface area contributed by atoms with E-state index in [0.717, 1.165) is 5.56 Å². The zero-order valence-corrected chi connectivity index (χ0v) is 9.07. The van der Waals surface area contributed by atoms with Gasteiger partial charge >= 0.3 is 0 Å². The summed E-state index contributed by atoms with van der Waals surface area (Å²) in [7, 11) is 1.46. The number of carbonyl (C=O) groups excluding carboxylic acids is 1. The number of benzene rings is 1. The number of primary amides is 1. The molecule has 82 valence electrons. The van der Waals surface area contributed by atoms with E-state index in [-0.39, 0.29) is 17.2 Å². The van der Waals surface area contributed by atoms with Gasteiger partial charge in [0.05, 0.1) is 12.7 Å². The number of hydrogen-bond donors (Lipinski definition) is 2. The van der Waals surface area contributed by atoms with Crippen LogP contribution in [0.4, 0.5) is 0 Å². The van der Waals surface area contributed by atoms with E-state index in [9.17, 15) is 9.90 Å². The van der Waals surface area contributed by atoms with E-state index in [0.29, 0.717) is 5.75 Å². The molecular weight excluding hydrogens is 194 g/mol. The monoisotopic (exact) mass is 209 g/mol. The smallest absolute Gasteiger partial charge is 0.252 e. The molecule has 0 aliphatic rings. The van der Waals surface area contributed by atoms with Crippen LogP contribution in [0.1, 0.15) is 35.7 Å². The number of phenolic OH excluding ortho intramolecular Hbond substituents is 1. The van der Waals surface area contributed by atoms with E-state index < -0.39 is 5.91 Å². The Balaban J connectivity index is 3.35. The summed E-state index contributed by atoms with van der Waals surface area (Å²) in [5, 5.41) is 9.67. The van der Waals surface area contributed by atoms with Crippen LogP contribution in [0, 0.1) is 0 Å². The van der Waals surface area contributed by atoms with Crippen molar-refractivity contribution in [3.8, 4) is 11.5 Å². The lowest BCUT2D eigenvalue weighted by Crippen LogP contribution is -2.12. The number of amides is 1. The van der Waals surface area contributed by atoms with Crippen molar-refractivity contribution in [1.29, 1.82) is 0 Å². The first-order valence-corrected chi connectivity index (χ1v) is 4.68. The number of phenols is 1. The molecule has 0 spiro atoms. The zero-order valence-electron chi connectivity index (χ0n) is 9.07. The third-order valence-corrected chi connectivity index (χ3v) is 2.24. The Hall–Kier alpha value is -1.71. The van der Waals surface area contributed by atoms with Crippen molar-refractivity contribution >= 4 is 5.91 Å². The summed E-state index contributed by atoms with van der Waals surface area (Å²) in [6.07, 6.45) is 0. The van der Waals surface area contributed by atoms with Crippen molar-refractivity contribution in [3.05, 3.63) is 23.3 Å². The van der Waals surface area contributed by atoms with Gasteiger partial charge in [-0.1, -0.05) is 13.8 Å². The molecule has 4 heteroatoms. The molecule has 0 heterocycles. The molecule has 0 fully saturated rings. The van der Waals surface area contributed by atoms with E-state index in [1.165, 1.54) is 13.2 Å². The van der Waals surface area contributed by atoms with Gasteiger partial charge in [0, 0.05) is 5.56 Å². The molecule has 15 heavy (non-hydrogen) atoms. The molecule has 0 saturated carbocycles. The summed E-state index contributed by atoms with van der Waals surface area (Å²) < 4.78 is 5.04. The average Bonchev–Trinajstić information content (AvgIpc) is 2.16. The van der Waals surface area contributed by atoms with Gasteiger partial charge in [-0.2, -0.15) is 0 Å². The number of nitrogens with two attached hydrogens (primary N) is 1. The first-order valence-electron chi connectivity index (χ1n) is 4.68. The Morgan fingerprint density at radius 1 is 1.47 bits per heavy atom. The number of ether oxygens (including phenoxy) is 1. The van der Waals surface area contributed by atoms with Crippen molar-refractivity contribution in [2.45, 2.75) is 19.8 Å². The maximum absolute atomic E-state index is 11.0. The molecule has 1 rings (SSSR count). The SMILES string of the molecule is COc1cc(C(C)C)c(O)cc1C(N)=O. The van der Waals surface area contributed by atoms with Crippen LogP contribution >= 0.6 is 0 Å². The minimum absolute atomic E-state index is 0.0691. The predicted molar refractivity (Wildman–Crippen MR) is 57.3 cm³/mol. The second kappa shape index (κ2) is 4.21. The lowest BCUT2D eigenvalue weighted by Gasteiger charge is -2.12. The number of carbonyl (C=O) groups is 1. The van der Waals surface area contributed by atoms with E-state index in [2.05, 4.69) is 0 Å². The fourth-order valence-electron chi connectivity index (χ4n) is 1.41. The van der Waals surface area contributed by atoms with Crippen molar-refractivity contribution in [2.24, 2.45) is 5.73 Å². The summed E-state index contributed by atoms with van der Waals surface area (Å²) in [6, 6.07) is 2.98. The normalized spacial score (nSPS) is 10.4. The molecule has 0 saturated heterocycles. The van der Waals surface area contributed by atoms with Crippen molar-refractivity contribution in [2.75, 3.05) is 7.11 Å². The second-order valence-corrected chi connectivity index (χ2v) is 3.63. The van der Waals surface area contributed by atoms with E-state index >= 15 is 0 Å². The first-order chi connectivity index (χ1) is 6.97. The van der Waals surface area contributed by atoms with Crippen LogP contribution in [0.3, 0.4) is 0 Å². The molecule has 0 bridgehead atoms. The highest BCUT2D eigenvalue weighted by atomic mass is 16.5. The fraction of sp³-hybridized carbons (Fsp3) is 0.364. The second-order valence-electron chi connectivity index (χ2n) is 3.63. The quantitative estimate of drug-likeness (QED) is 0.794. The van der Waals surface area contributed by atoms with Gasteiger partial charge in [-0.05, 0) is 18.1 Å². The van der Waals surface area contributed by atoms with Gasteiger partial charge in [0.25, 0.3) is 5.91 Å². The molecule has 1 aromatic rings. The first kappa shape index (κ1) is 11.4. The Bertz CT molecular complexity index is 386. The van der Waals surface area contributed by atoms with E-state index in [4.69, 9.17) is 10.5 Å². The Labute approximate surface area is 88.7 Å². The van der Waals surface area contributed by atoms with Crippen LogP contribution < -0.4 is 10.5 Å². The van der Waals surface area contributed by atoms with Crippen LogP contribution in [0.25, 0.3) is 0 Å². The number of hydrogen-bond acceptors (Lipinski definition) is 3. The van der Waals surface area contributed by atoms with Crippen LogP contribution in [0.2, 0.25) is 0 Å². The lowest BCUT2D eigenvalue weighted by molar-refractivity contribution is 0.0997. The van der Waals surface area contributed by atoms with Crippen LogP contribution in [-0.4, -0.2) is 18.1 Å². The van der Waals surface area contributed by atoms with Gasteiger partial charge in [-0.25, -0.2) is 0 Å². The van der Waals surface area contributed by atoms with Crippen molar-refractivity contribution in [1.82, 2.24) is 0 Å². The number of rotatable bonds is 3. The predicted octanol–water partition coefficient (Wildman–Crippen LogP) is 1.62. The summed E-state index contributed by atoms with van der Waals surface area (Å²) in [5.74, 6) is 0.00174. The highest BCUT2D eigenvalue weighted by molar-refractivity contribution is 5.96. The summed E-state index contributed by atoms with van der Waals surface area (Å²) in [4.78, 5) is 11.0.